The summed E-state index contributed by atoms with van der Waals surface area (Å²) < 4.78 is 4.88. The van der Waals surface area contributed by atoms with Crippen LogP contribution in [-0.4, -0.2) is 43.7 Å². The molecule has 2 rings (SSSR count). The molecule has 1 unspecified atom stereocenters. The Hall–Kier alpha value is -1.37. The van der Waals surface area contributed by atoms with E-state index in [9.17, 15) is 4.79 Å². The molecule has 3 N–H and O–H groups in total. The molecule has 2 heterocycles. The fourth-order valence-corrected chi connectivity index (χ4v) is 2.62. The Kier molecular flexibility index (Phi) is 8.91. The van der Waals surface area contributed by atoms with Crippen molar-refractivity contribution in [2.45, 2.75) is 38.3 Å². The molecule has 7 heteroatoms. The zero-order valence-electron chi connectivity index (χ0n) is 13.7. The molecule has 6 nitrogen and oxygen atoms in total. The van der Waals surface area contributed by atoms with Crippen LogP contribution < -0.4 is 16.0 Å². The summed E-state index contributed by atoms with van der Waals surface area (Å²) in [6.07, 6.45) is 6.83. The molecular weight excluding hydrogens is 316 g/mol. The number of pyridine rings is 1. The maximum absolute atomic E-state index is 11.8. The van der Waals surface area contributed by atoms with Gasteiger partial charge in [-0.05, 0) is 30.5 Å². The highest BCUT2D eigenvalue weighted by Crippen LogP contribution is 2.18. The predicted molar refractivity (Wildman–Crippen MR) is 93.9 cm³/mol. The number of carbonyl (C=O) groups is 1. The lowest BCUT2D eigenvalue weighted by Crippen LogP contribution is -2.43. The second-order valence-electron chi connectivity index (χ2n) is 5.70. The van der Waals surface area contributed by atoms with Crippen molar-refractivity contribution in [1.82, 2.24) is 10.3 Å². The summed E-state index contributed by atoms with van der Waals surface area (Å²) in [4.78, 5) is 18.6. The number of nitrogens with one attached hydrogen (secondary N) is 1. The van der Waals surface area contributed by atoms with E-state index in [1.807, 2.05) is 12.1 Å². The van der Waals surface area contributed by atoms with Crippen LogP contribution in [0.25, 0.3) is 0 Å². The van der Waals surface area contributed by atoms with Crippen molar-refractivity contribution in [3.05, 3.63) is 23.9 Å². The predicted octanol–water partition coefficient (Wildman–Crippen LogP) is 1.47. The SMILES string of the molecule is COCC(N)C(=O)NCc1ccnc(N2CCCCCC2)c1.Cl. The van der Waals surface area contributed by atoms with Gasteiger partial charge in [-0.2, -0.15) is 0 Å². The third kappa shape index (κ3) is 6.33. The number of rotatable bonds is 6. The van der Waals surface area contributed by atoms with Crippen molar-refractivity contribution in [1.29, 1.82) is 0 Å². The second kappa shape index (κ2) is 10.4. The largest absolute Gasteiger partial charge is 0.383 e. The van der Waals surface area contributed by atoms with Crippen molar-refractivity contribution in [3.8, 4) is 0 Å². The molecule has 1 aliphatic heterocycles. The Balaban J connectivity index is 0.00000264. The quantitative estimate of drug-likeness (QED) is 0.818. The van der Waals surface area contributed by atoms with Crippen LogP contribution in [0.5, 0.6) is 0 Å². The zero-order chi connectivity index (χ0) is 15.8. The van der Waals surface area contributed by atoms with Crippen molar-refractivity contribution >= 4 is 24.1 Å². The molecule has 0 aliphatic carbocycles. The minimum absolute atomic E-state index is 0. The molecule has 1 aromatic heterocycles. The Morgan fingerprint density at radius 1 is 1.39 bits per heavy atom. The molecule has 1 amide bonds. The fraction of sp³-hybridized carbons (Fsp3) is 0.625. The zero-order valence-corrected chi connectivity index (χ0v) is 14.5. The number of halogens is 1. The van der Waals surface area contributed by atoms with Gasteiger partial charge in [-0.15, -0.1) is 12.4 Å². The molecule has 1 aliphatic rings. The average molecular weight is 343 g/mol. The van der Waals surface area contributed by atoms with Gasteiger partial charge >= 0.3 is 0 Å². The minimum Gasteiger partial charge on any atom is -0.383 e. The first-order chi connectivity index (χ1) is 10.7. The van der Waals surface area contributed by atoms with E-state index in [2.05, 4.69) is 15.2 Å². The third-order valence-electron chi connectivity index (χ3n) is 3.89. The highest BCUT2D eigenvalue weighted by Gasteiger charge is 2.14. The number of aromatic nitrogens is 1. The van der Waals surface area contributed by atoms with Crippen LogP contribution in [0.15, 0.2) is 18.3 Å². The first-order valence-corrected chi connectivity index (χ1v) is 7.93. The van der Waals surface area contributed by atoms with E-state index >= 15 is 0 Å². The van der Waals surface area contributed by atoms with Gasteiger partial charge in [0.05, 0.1) is 6.61 Å². The fourth-order valence-electron chi connectivity index (χ4n) is 2.62. The molecule has 0 spiro atoms. The highest BCUT2D eigenvalue weighted by molar-refractivity contribution is 5.85. The van der Waals surface area contributed by atoms with Gasteiger partial charge < -0.3 is 20.7 Å². The number of nitrogens with zero attached hydrogens (tertiary/aromatic N) is 2. The molecule has 0 aromatic carbocycles. The van der Waals surface area contributed by atoms with Crippen molar-refractivity contribution in [2.75, 3.05) is 31.7 Å². The van der Waals surface area contributed by atoms with E-state index in [4.69, 9.17) is 10.5 Å². The van der Waals surface area contributed by atoms with Crippen LogP contribution in [-0.2, 0) is 16.1 Å². The normalized spacial score (nSPS) is 16.2. The van der Waals surface area contributed by atoms with E-state index in [1.54, 1.807) is 6.20 Å². The molecule has 130 valence electrons. The highest BCUT2D eigenvalue weighted by atomic mass is 35.5. The topological polar surface area (TPSA) is 80.5 Å². The summed E-state index contributed by atoms with van der Waals surface area (Å²) in [5.41, 5.74) is 6.73. The first-order valence-electron chi connectivity index (χ1n) is 7.93. The van der Waals surface area contributed by atoms with Gasteiger partial charge in [0.15, 0.2) is 0 Å². The minimum atomic E-state index is -0.628. The Bertz CT molecular complexity index is 479. The average Bonchev–Trinajstić information content (AvgIpc) is 2.82. The summed E-state index contributed by atoms with van der Waals surface area (Å²) >= 11 is 0. The van der Waals surface area contributed by atoms with E-state index < -0.39 is 6.04 Å². The van der Waals surface area contributed by atoms with Crippen molar-refractivity contribution in [3.63, 3.8) is 0 Å². The van der Waals surface area contributed by atoms with Gasteiger partial charge in [-0.1, -0.05) is 12.8 Å². The smallest absolute Gasteiger partial charge is 0.239 e. The van der Waals surface area contributed by atoms with Gasteiger partial charge in [0.25, 0.3) is 0 Å². The van der Waals surface area contributed by atoms with Gasteiger partial charge in [-0.3, -0.25) is 4.79 Å². The van der Waals surface area contributed by atoms with E-state index in [0.717, 1.165) is 24.5 Å². The summed E-state index contributed by atoms with van der Waals surface area (Å²) in [5.74, 6) is 0.796. The van der Waals surface area contributed by atoms with Crippen LogP contribution in [0.4, 0.5) is 5.82 Å². The Morgan fingerprint density at radius 3 is 2.74 bits per heavy atom. The summed E-state index contributed by atoms with van der Waals surface area (Å²) in [7, 11) is 1.53. The molecule has 0 saturated carbocycles. The van der Waals surface area contributed by atoms with Crippen molar-refractivity contribution in [2.24, 2.45) is 5.73 Å². The molecule has 1 aromatic rings. The number of anilines is 1. The summed E-state index contributed by atoms with van der Waals surface area (Å²) in [6, 6.07) is 3.34. The van der Waals surface area contributed by atoms with E-state index in [0.29, 0.717) is 6.54 Å². The maximum Gasteiger partial charge on any atom is 0.239 e. The Labute approximate surface area is 144 Å². The van der Waals surface area contributed by atoms with Gasteiger partial charge in [0, 0.05) is 32.9 Å². The van der Waals surface area contributed by atoms with Gasteiger partial charge in [0.2, 0.25) is 5.91 Å². The third-order valence-corrected chi connectivity index (χ3v) is 3.89. The lowest BCUT2D eigenvalue weighted by atomic mass is 10.2. The molecular formula is C16H27ClN4O2. The van der Waals surface area contributed by atoms with Gasteiger partial charge in [-0.25, -0.2) is 4.98 Å². The first kappa shape index (κ1) is 19.7. The van der Waals surface area contributed by atoms with Crippen LogP contribution in [0.3, 0.4) is 0 Å². The number of ether oxygens (including phenoxy) is 1. The monoisotopic (exact) mass is 342 g/mol. The lowest BCUT2D eigenvalue weighted by Gasteiger charge is -2.22. The van der Waals surface area contributed by atoms with E-state index in [1.165, 1.54) is 32.8 Å². The summed E-state index contributed by atoms with van der Waals surface area (Å²) in [5, 5.41) is 2.84. The molecule has 0 bridgehead atoms. The lowest BCUT2D eigenvalue weighted by molar-refractivity contribution is -0.123. The molecule has 0 radical (unpaired) electrons. The number of methoxy groups -OCH3 is 1. The Morgan fingerprint density at radius 2 is 2.09 bits per heavy atom. The summed E-state index contributed by atoms with van der Waals surface area (Å²) in [6.45, 7) is 2.80. The van der Waals surface area contributed by atoms with Gasteiger partial charge in [0.1, 0.15) is 11.9 Å². The standard InChI is InChI=1S/C16H26N4O2.ClH/c1-22-12-14(17)16(21)19-11-13-6-7-18-15(10-13)20-8-4-2-3-5-9-20;/h6-7,10,14H,2-5,8-9,11-12,17H2,1H3,(H,19,21);1H. The number of amides is 1. The number of hydrogen-bond acceptors (Lipinski definition) is 5. The van der Waals surface area contributed by atoms with Crippen LogP contribution in [0, 0.1) is 0 Å². The second-order valence-corrected chi connectivity index (χ2v) is 5.70. The van der Waals surface area contributed by atoms with Crippen molar-refractivity contribution < 1.29 is 9.53 Å². The molecule has 1 atom stereocenters. The molecule has 1 saturated heterocycles. The number of hydrogen-bond donors (Lipinski definition) is 2. The molecule has 23 heavy (non-hydrogen) atoms. The van der Waals surface area contributed by atoms with Crippen LogP contribution >= 0.6 is 12.4 Å². The van der Waals surface area contributed by atoms with E-state index in [-0.39, 0.29) is 24.9 Å². The number of carbonyl (C=O) groups excluding carboxylic acids is 1. The number of nitrogens with two attached hydrogens (primary N) is 1. The molecule has 1 fully saturated rings. The van der Waals surface area contributed by atoms with Crippen LogP contribution in [0.1, 0.15) is 31.2 Å². The van der Waals surface area contributed by atoms with Crippen LogP contribution in [0.2, 0.25) is 0 Å². The maximum atomic E-state index is 11.8.